The number of carbonyl (C=O) groups is 2. The summed E-state index contributed by atoms with van der Waals surface area (Å²) in [7, 11) is 0. The van der Waals surface area contributed by atoms with Gasteiger partial charge in [-0.2, -0.15) is 0 Å². The number of carboxylic acids is 1. The Bertz CT molecular complexity index is 485. The number of hydrogen-bond acceptors (Lipinski definition) is 2. The second-order valence-corrected chi connectivity index (χ2v) is 5.60. The number of urea groups is 1. The molecule has 0 fully saturated rings. The molecule has 110 valence electrons. The number of halogens is 1. The van der Waals surface area contributed by atoms with Crippen LogP contribution in [0.15, 0.2) is 22.7 Å². The Labute approximate surface area is 127 Å². The number of hydrogen-bond donors (Lipinski definition) is 2. The third-order valence-electron chi connectivity index (χ3n) is 2.90. The van der Waals surface area contributed by atoms with Gasteiger partial charge in [0.1, 0.15) is 0 Å². The van der Waals surface area contributed by atoms with E-state index >= 15 is 0 Å². The first-order valence-electron chi connectivity index (χ1n) is 6.40. The van der Waals surface area contributed by atoms with Crippen molar-refractivity contribution in [3.05, 3.63) is 28.2 Å². The minimum Gasteiger partial charge on any atom is -0.481 e. The number of nitrogens with one attached hydrogen (secondary N) is 1. The fourth-order valence-electron chi connectivity index (χ4n) is 2.02. The molecule has 0 spiro atoms. The molecular weight excluding hydrogens is 324 g/mol. The Kier molecular flexibility index (Phi) is 6.01. The zero-order valence-corrected chi connectivity index (χ0v) is 13.4. The Morgan fingerprint density at radius 1 is 1.40 bits per heavy atom. The molecule has 0 saturated carbocycles. The van der Waals surface area contributed by atoms with Crippen molar-refractivity contribution in [1.82, 2.24) is 4.90 Å². The molecule has 6 heteroatoms. The van der Waals surface area contributed by atoms with Crippen molar-refractivity contribution in [2.24, 2.45) is 0 Å². The molecule has 0 heterocycles. The second kappa shape index (κ2) is 7.28. The normalized spacial score (nSPS) is 11.8. The summed E-state index contributed by atoms with van der Waals surface area (Å²) in [4.78, 5) is 24.4. The van der Waals surface area contributed by atoms with Crippen molar-refractivity contribution >= 4 is 33.6 Å². The monoisotopic (exact) mass is 342 g/mol. The molecule has 0 radical (unpaired) electrons. The fourth-order valence-corrected chi connectivity index (χ4v) is 2.63. The lowest BCUT2D eigenvalue weighted by molar-refractivity contribution is -0.137. The lowest BCUT2D eigenvalue weighted by Crippen LogP contribution is -2.42. The van der Waals surface area contributed by atoms with E-state index in [0.717, 1.165) is 10.0 Å². The van der Waals surface area contributed by atoms with E-state index in [4.69, 9.17) is 5.11 Å². The number of amides is 2. The molecule has 1 rings (SSSR count). The first kappa shape index (κ1) is 16.5. The van der Waals surface area contributed by atoms with Crippen LogP contribution in [0, 0.1) is 6.92 Å². The van der Waals surface area contributed by atoms with Gasteiger partial charge in [0.15, 0.2) is 0 Å². The number of rotatable bonds is 5. The average molecular weight is 343 g/mol. The van der Waals surface area contributed by atoms with E-state index < -0.39 is 5.97 Å². The van der Waals surface area contributed by atoms with Crippen LogP contribution >= 0.6 is 15.9 Å². The Morgan fingerprint density at radius 3 is 2.55 bits per heavy atom. The molecule has 1 atom stereocenters. The first-order valence-corrected chi connectivity index (χ1v) is 7.19. The molecular formula is C14H19BrN2O3. The van der Waals surface area contributed by atoms with Gasteiger partial charge in [0.05, 0.1) is 6.42 Å². The molecule has 0 bridgehead atoms. The zero-order chi connectivity index (χ0) is 15.3. The molecule has 0 saturated heterocycles. The van der Waals surface area contributed by atoms with Gasteiger partial charge in [0, 0.05) is 22.7 Å². The summed E-state index contributed by atoms with van der Waals surface area (Å²) in [5.41, 5.74) is 1.71. The van der Waals surface area contributed by atoms with E-state index in [1.165, 1.54) is 4.90 Å². The van der Waals surface area contributed by atoms with Crippen LogP contribution in [0.2, 0.25) is 0 Å². The maximum absolute atomic E-state index is 12.2. The van der Waals surface area contributed by atoms with Gasteiger partial charge in [-0.25, -0.2) is 4.79 Å². The third kappa shape index (κ3) is 4.85. The molecule has 2 N–H and O–H groups in total. The third-order valence-corrected chi connectivity index (χ3v) is 3.35. The molecule has 0 aliphatic heterocycles. The number of aliphatic carboxylic acids is 1. The van der Waals surface area contributed by atoms with Crippen molar-refractivity contribution in [3.63, 3.8) is 0 Å². The van der Waals surface area contributed by atoms with Crippen molar-refractivity contribution < 1.29 is 14.7 Å². The summed E-state index contributed by atoms with van der Waals surface area (Å²) in [6.45, 7) is 5.94. The maximum Gasteiger partial charge on any atom is 0.322 e. The summed E-state index contributed by atoms with van der Waals surface area (Å²) < 4.78 is 0.884. The summed E-state index contributed by atoms with van der Waals surface area (Å²) in [5.74, 6) is -0.915. The van der Waals surface area contributed by atoms with Crippen LogP contribution in [0.4, 0.5) is 10.5 Å². The maximum atomic E-state index is 12.2. The van der Waals surface area contributed by atoms with E-state index in [0.29, 0.717) is 12.2 Å². The average Bonchev–Trinajstić information content (AvgIpc) is 2.26. The smallest absolute Gasteiger partial charge is 0.322 e. The van der Waals surface area contributed by atoms with Gasteiger partial charge in [0.2, 0.25) is 0 Å². The topological polar surface area (TPSA) is 69.6 Å². The lowest BCUT2D eigenvalue weighted by Gasteiger charge is -2.27. The quantitative estimate of drug-likeness (QED) is 0.860. The summed E-state index contributed by atoms with van der Waals surface area (Å²) in [6, 6.07) is 4.96. The van der Waals surface area contributed by atoms with Crippen LogP contribution in [0.5, 0.6) is 0 Å². The van der Waals surface area contributed by atoms with Crippen LogP contribution in [0.1, 0.15) is 25.8 Å². The standard InChI is InChI=1S/C14H19BrN2O3/c1-4-17(10(3)7-13(18)19)14(20)16-12-6-9(2)5-11(15)8-12/h5-6,8,10H,4,7H2,1-3H3,(H,16,20)(H,18,19). The number of anilines is 1. The summed E-state index contributed by atoms with van der Waals surface area (Å²) in [5, 5.41) is 11.6. The highest BCUT2D eigenvalue weighted by atomic mass is 79.9. The van der Waals surface area contributed by atoms with E-state index in [-0.39, 0.29) is 18.5 Å². The molecule has 0 aliphatic rings. The van der Waals surface area contributed by atoms with Crippen LogP contribution in [-0.2, 0) is 4.79 Å². The van der Waals surface area contributed by atoms with Gasteiger partial charge in [-0.15, -0.1) is 0 Å². The van der Waals surface area contributed by atoms with Crippen LogP contribution < -0.4 is 5.32 Å². The highest BCUT2D eigenvalue weighted by Crippen LogP contribution is 2.19. The van der Waals surface area contributed by atoms with Crippen LogP contribution in [0.25, 0.3) is 0 Å². The Balaban J connectivity index is 2.79. The highest BCUT2D eigenvalue weighted by Gasteiger charge is 2.20. The van der Waals surface area contributed by atoms with Crippen molar-refractivity contribution in [2.45, 2.75) is 33.2 Å². The Morgan fingerprint density at radius 2 is 2.05 bits per heavy atom. The Hall–Kier alpha value is -1.56. The molecule has 2 amide bonds. The van der Waals surface area contributed by atoms with Gasteiger partial charge in [-0.3, -0.25) is 4.79 Å². The molecule has 1 unspecified atom stereocenters. The van der Waals surface area contributed by atoms with E-state index in [2.05, 4.69) is 21.2 Å². The van der Waals surface area contributed by atoms with Gasteiger partial charge < -0.3 is 15.3 Å². The molecule has 1 aromatic carbocycles. The molecule has 0 aromatic heterocycles. The predicted octanol–water partition coefficient (Wildman–Crippen LogP) is 3.47. The second-order valence-electron chi connectivity index (χ2n) is 4.68. The molecule has 0 aliphatic carbocycles. The largest absolute Gasteiger partial charge is 0.481 e. The molecule has 1 aromatic rings. The van der Waals surface area contributed by atoms with Gasteiger partial charge in [0.25, 0.3) is 0 Å². The lowest BCUT2D eigenvalue weighted by atomic mass is 10.2. The number of aryl methyl sites for hydroxylation is 1. The zero-order valence-electron chi connectivity index (χ0n) is 11.8. The predicted molar refractivity (Wildman–Crippen MR) is 82.0 cm³/mol. The number of benzene rings is 1. The highest BCUT2D eigenvalue weighted by molar-refractivity contribution is 9.10. The van der Waals surface area contributed by atoms with E-state index in [1.54, 1.807) is 13.0 Å². The summed E-state index contributed by atoms with van der Waals surface area (Å²) in [6.07, 6.45) is -0.0707. The van der Waals surface area contributed by atoms with Crippen molar-refractivity contribution in [3.8, 4) is 0 Å². The van der Waals surface area contributed by atoms with Gasteiger partial charge >= 0.3 is 12.0 Å². The summed E-state index contributed by atoms with van der Waals surface area (Å²) >= 11 is 3.38. The van der Waals surface area contributed by atoms with Crippen LogP contribution in [-0.4, -0.2) is 34.6 Å². The minimum atomic E-state index is -0.915. The van der Waals surface area contributed by atoms with Crippen molar-refractivity contribution in [2.75, 3.05) is 11.9 Å². The number of nitrogens with zero attached hydrogens (tertiary/aromatic N) is 1. The number of carboxylic acid groups (broad SMARTS) is 1. The first-order chi connectivity index (χ1) is 9.33. The fraction of sp³-hybridized carbons (Fsp3) is 0.429. The van der Waals surface area contributed by atoms with Crippen molar-refractivity contribution in [1.29, 1.82) is 0 Å². The molecule has 20 heavy (non-hydrogen) atoms. The van der Waals surface area contributed by atoms with E-state index in [1.807, 2.05) is 26.0 Å². The minimum absolute atomic E-state index is 0.0707. The SMILES string of the molecule is CCN(C(=O)Nc1cc(C)cc(Br)c1)C(C)CC(=O)O. The molecule has 5 nitrogen and oxygen atoms in total. The number of carbonyl (C=O) groups excluding carboxylic acids is 1. The van der Waals surface area contributed by atoms with E-state index in [9.17, 15) is 9.59 Å². The van der Waals surface area contributed by atoms with Crippen LogP contribution in [0.3, 0.4) is 0 Å². The van der Waals surface area contributed by atoms with Gasteiger partial charge in [-0.1, -0.05) is 15.9 Å². The van der Waals surface area contributed by atoms with Gasteiger partial charge in [-0.05, 0) is 44.5 Å².